The molecule has 2 N–H and O–H groups in total. The molecule has 1 aromatic heterocycles. The number of rotatable bonds is 5. The molecule has 3 rings (SSSR count). The number of hydrogen-bond donors (Lipinski definition) is 3. The van der Waals surface area contributed by atoms with Crippen molar-refractivity contribution >= 4 is 35.5 Å². The van der Waals surface area contributed by atoms with E-state index >= 15 is 0 Å². The van der Waals surface area contributed by atoms with Gasteiger partial charge in [0, 0.05) is 11.1 Å². The van der Waals surface area contributed by atoms with Crippen LogP contribution in [0.2, 0.25) is 0 Å². The summed E-state index contributed by atoms with van der Waals surface area (Å²) in [4.78, 5) is 23.9. The summed E-state index contributed by atoms with van der Waals surface area (Å²) in [6.07, 6.45) is 0.503. The van der Waals surface area contributed by atoms with Gasteiger partial charge in [0.25, 0.3) is 0 Å². The summed E-state index contributed by atoms with van der Waals surface area (Å²) in [7, 11) is 0. The fraction of sp³-hybridized carbons (Fsp3) is 0.273. The van der Waals surface area contributed by atoms with E-state index in [2.05, 4.69) is 12.6 Å². The van der Waals surface area contributed by atoms with E-state index in [0.717, 1.165) is 16.5 Å². The molecule has 3 aromatic rings. The first-order chi connectivity index (χ1) is 13.1. The molecule has 0 amide bonds. The molecule has 0 atom stereocenters. The molecule has 146 valence electrons. The van der Waals surface area contributed by atoms with E-state index < -0.39 is 11.9 Å². The Labute approximate surface area is 169 Å². The lowest BCUT2D eigenvalue weighted by Crippen LogP contribution is -2.15. The first-order valence-electron chi connectivity index (χ1n) is 9.01. The average molecular weight is 397 g/mol. The minimum atomic E-state index is -1.05. The molecule has 0 aliphatic carbocycles. The zero-order valence-corrected chi connectivity index (χ0v) is 17.0. The van der Waals surface area contributed by atoms with Gasteiger partial charge in [-0.3, -0.25) is 0 Å². The molecule has 0 bridgehead atoms. The van der Waals surface area contributed by atoms with E-state index in [0.29, 0.717) is 23.4 Å². The fourth-order valence-electron chi connectivity index (χ4n) is 3.46. The van der Waals surface area contributed by atoms with Gasteiger partial charge in [-0.05, 0) is 53.0 Å². The molecule has 0 radical (unpaired) electrons. The van der Waals surface area contributed by atoms with Crippen LogP contribution >= 0.6 is 12.6 Å². The summed E-state index contributed by atoms with van der Waals surface area (Å²) in [5.41, 5.74) is 2.79. The van der Waals surface area contributed by atoms with Gasteiger partial charge < -0.3 is 14.8 Å². The number of thiol groups is 1. The zero-order chi connectivity index (χ0) is 20.6. The van der Waals surface area contributed by atoms with Crippen LogP contribution in [-0.2, 0) is 11.8 Å². The minimum Gasteiger partial charge on any atom is -0.478 e. The van der Waals surface area contributed by atoms with E-state index in [9.17, 15) is 19.8 Å². The standard InChI is InChI=1S/C22H23NO4S/c1-22(2,3)14-10-13(20(24)25)11-15(12-14)23-18-7-5-4-6-16(18)17(8-9-28)19(23)21(26)27/h4-7,10-12,28H,8-9H2,1-3H3,(H,24,25)(H,26,27). The second-order valence-corrected chi connectivity index (χ2v) is 8.23. The van der Waals surface area contributed by atoms with Crippen LogP contribution in [0, 0.1) is 0 Å². The topological polar surface area (TPSA) is 79.5 Å². The highest BCUT2D eigenvalue weighted by Gasteiger charge is 2.25. The zero-order valence-electron chi connectivity index (χ0n) is 16.1. The van der Waals surface area contributed by atoms with Crippen molar-refractivity contribution in [2.45, 2.75) is 32.6 Å². The van der Waals surface area contributed by atoms with Crippen molar-refractivity contribution < 1.29 is 19.8 Å². The normalized spacial score (nSPS) is 11.7. The van der Waals surface area contributed by atoms with Crippen molar-refractivity contribution in [3.63, 3.8) is 0 Å². The number of aryl methyl sites for hydroxylation is 1. The third kappa shape index (κ3) is 3.52. The van der Waals surface area contributed by atoms with Crippen molar-refractivity contribution in [1.82, 2.24) is 4.57 Å². The van der Waals surface area contributed by atoms with Crippen LogP contribution in [-0.4, -0.2) is 32.5 Å². The molecule has 0 saturated carbocycles. The van der Waals surface area contributed by atoms with Crippen molar-refractivity contribution in [1.29, 1.82) is 0 Å². The smallest absolute Gasteiger partial charge is 0.353 e. The van der Waals surface area contributed by atoms with E-state index in [1.807, 2.05) is 51.1 Å². The molecular weight excluding hydrogens is 374 g/mol. The molecule has 5 nitrogen and oxygen atoms in total. The number of fused-ring (bicyclic) bond motifs is 1. The predicted octanol–water partition coefficient (Wildman–Crippen LogP) is 4.80. The summed E-state index contributed by atoms with van der Waals surface area (Å²) < 4.78 is 1.65. The molecule has 0 saturated heterocycles. The van der Waals surface area contributed by atoms with E-state index in [1.54, 1.807) is 10.6 Å². The van der Waals surface area contributed by atoms with E-state index in [4.69, 9.17) is 0 Å². The van der Waals surface area contributed by atoms with Gasteiger partial charge in [-0.1, -0.05) is 39.0 Å². The first kappa shape index (κ1) is 20.0. The van der Waals surface area contributed by atoms with Gasteiger partial charge in [0.2, 0.25) is 0 Å². The number of hydrogen-bond acceptors (Lipinski definition) is 3. The number of aromatic nitrogens is 1. The second-order valence-electron chi connectivity index (χ2n) is 7.78. The molecule has 2 aromatic carbocycles. The first-order valence-corrected chi connectivity index (χ1v) is 9.64. The third-order valence-electron chi connectivity index (χ3n) is 4.83. The van der Waals surface area contributed by atoms with Crippen LogP contribution in [0.25, 0.3) is 16.6 Å². The predicted molar refractivity (Wildman–Crippen MR) is 113 cm³/mol. The lowest BCUT2D eigenvalue weighted by molar-refractivity contribution is 0.0681. The third-order valence-corrected chi connectivity index (χ3v) is 5.06. The van der Waals surface area contributed by atoms with Gasteiger partial charge in [0.15, 0.2) is 0 Å². The fourth-order valence-corrected chi connectivity index (χ4v) is 3.68. The Morgan fingerprint density at radius 3 is 2.29 bits per heavy atom. The second kappa shape index (κ2) is 7.36. The Balaban J connectivity index is 2.44. The summed E-state index contributed by atoms with van der Waals surface area (Å²) in [5.74, 6) is -1.58. The Morgan fingerprint density at radius 2 is 1.71 bits per heavy atom. The summed E-state index contributed by atoms with van der Waals surface area (Å²) in [6, 6.07) is 12.5. The highest BCUT2D eigenvalue weighted by atomic mass is 32.1. The van der Waals surface area contributed by atoms with E-state index in [-0.39, 0.29) is 16.7 Å². The van der Waals surface area contributed by atoms with Gasteiger partial charge in [0.1, 0.15) is 5.69 Å². The van der Waals surface area contributed by atoms with Crippen molar-refractivity contribution in [2.75, 3.05) is 5.75 Å². The summed E-state index contributed by atoms with van der Waals surface area (Å²) in [5, 5.41) is 20.4. The monoisotopic (exact) mass is 397 g/mol. The Bertz CT molecular complexity index is 1080. The molecule has 0 unspecified atom stereocenters. The number of carboxylic acid groups (broad SMARTS) is 2. The Kier molecular flexibility index (Phi) is 5.26. The largest absolute Gasteiger partial charge is 0.478 e. The van der Waals surface area contributed by atoms with Gasteiger partial charge in [-0.15, -0.1) is 0 Å². The maximum atomic E-state index is 12.2. The number of para-hydroxylation sites is 1. The molecule has 0 spiro atoms. The Morgan fingerprint density at radius 1 is 1.04 bits per heavy atom. The number of benzene rings is 2. The highest BCUT2D eigenvalue weighted by Crippen LogP contribution is 2.33. The van der Waals surface area contributed by atoms with Crippen LogP contribution in [0.3, 0.4) is 0 Å². The van der Waals surface area contributed by atoms with Gasteiger partial charge in [-0.25, -0.2) is 9.59 Å². The number of carboxylic acids is 2. The molecule has 0 aliphatic rings. The maximum Gasteiger partial charge on any atom is 0.353 e. The van der Waals surface area contributed by atoms with E-state index in [1.165, 1.54) is 6.07 Å². The molecule has 6 heteroatoms. The number of aromatic carboxylic acids is 2. The highest BCUT2D eigenvalue weighted by molar-refractivity contribution is 7.80. The quantitative estimate of drug-likeness (QED) is 0.541. The van der Waals surface area contributed by atoms with Crippen LogP contribution in [0.4, 0.5) is 0 Å². The van der Waals surface area contributed by atoms with Crippen molar-refractivity contribution in [3.8, 4) is 5.69 Å². The van der Waals surface area contributed by atoms with Crippen LogP contribution in [0.1, 0.15) is 52.7 Å². The number of nitrogens with zero attached hydrogens (tertiary/aromatic N) is 1. The molecular formula is C22H23NO4S. The average Bonchev–Trinajstić information content (AvgIpc) is 2.96. The van der Waals surface area contributed by atoms with Crippen LogP contribution in [0.5, 0.6) is 0 Å². The SMILES string of the molecule is CC(C)(C)c1cc(C(=O)O)cc(-n2c(C(=O)O)c(CCS)c3ccccc32)c1. The van der Waals surface area contributed by atoms with Crippen LogP contribution in [0.15, 0.2) is 42.5 Å². The molecule has 1 heterocycles. The molecule has 28 heavy (non-hydrogen) atoms. The molecule has 0 fully saturated rings. The van der Waals surface area contributed by atoms with Crippen LogP contribution < -0.4 is 0 Å². The number of carbonyl (C=O) groups is 2. The molecule has 0 aliphatic heterocycles. The lowest BCUT2D eigenvalue weighted by atomic mass is 9.85. The van der Waals surface area contributed by atoms with Crippen molar-refractivity contribution in [2.24, 2.45) is 0 Å². The maximum absolute atomic E-state index is 12.2. The minimum absolute atomic E-state index is 0.132. The van der Waals surface area contributed by atoms with Gasteiger partial charge in [0.05, 0.1) is 11.1 Å². The van der Waals surface area contributed by atoms with Crippen molar-refractivity contribution in [3.05, 3.63) is 64.8 Å². The lowest BCUT2D eigenvalue weighted by Gasteiger charge is -2.21. The van der Waals surface area contributed by atoms with Gasteiger partial charge >= 0.3 is 11.9 Å². The van der Waals surface area contributed by atoms with Gasteiger partial charge in [-0.2, -0.15) is 12.6 Å². The summed E-state index contributed by atoms with van der Waals surface area (Å²) in [6.45, 7) is 5.99. The summed E-state index contributed by atoms with van der Waals surface area (Å²) >= 11 is 4.29. The Hall–Kier alpha value is -2.73.